The monoisotopic (exact) mass is 394 g/mol. The first-order chi connectivity index (χ1) is 12.2. The molecule has 0 amide bonds. The van der Waals surface area contributed by atoms with Crippen LogP contribution >= 0.6 is 0 Å². The maximum absolute atomic E-state index is 13.3. The molecule has 4 rings (SSSR count). The van der Waals surface area contributed by atoms with Crippen LogP contribution in [0.3, 0.4) is 0 Å². The Bertz CT molecular complexity index is 708. The minimum absolute atomic E-state index is 0.0133. The minimum Gasteiger partial charge on any atom is -0.459 e. The normalized spacial score (nSPS) is 45.6. The van der Waals surface area contributed by atoms with Crippen LogP contribution in [0.2, 0.25) is 18.1 Å². The number of carbonyl (C=O) groups is 1. The summed E-state index contributed by atoms with van der Waals surface area (Å²) in [4.78, 5) is 13.3. The summed E-state index contributed by atoms with van der Waals surface area (Å²) in [5, 5.41) is 11.0. The fourth-order valence-electron chi connectivity index (χ4n) is 5.72. The van der Waals surface area contributed by atoms with Gasteiger partial charge in [0.25, 0.3) is 0 Å². The first-order valence-corrected chi connectivity index (χ1v) is 13.0. The Balaban J connectivity index is 1.85. The Labute approximate surface area is 163 Å². The van der Waals surface area contributed by atoms with Gasteiger partial charge in [-0.3, -0.25) is 4.79 Å². The number of hydrogen-bond donors (Lipinski definition) is 1. The van der Waals surface area contributed by atoms with Crippen LogP contribution in [0.25, 0.3) is 0 Å². The molecule has 5 nitrogen and oxygen atoms in total. The largest absolute Gasteiger partial charge is 0.459 e. The van der Waals surface area contributed by atoms with Gasteiger partial charge in [-0.05, 0) is 50.4 Å². The predicted octanol–water partition coefficient (Wildman–Crippen LogP) is 3.57. The standard InChI is InChI=1S/C21H34O5Si/c1-12-9-15-16(25-27(7,8)18(2,3)4)20(17(23)24-15)11-14(22)13-10-21(12,20)26-19(13,5)6/h13-16,22H,1,9-11H2,2-8H3/t13-,14+,15-,16-,20+,21-/m1/s1. The Morgan fingerprint density at radius 3 is 2.48 bits per heavy atom. The highest BCUT2D eigenvalue weighted by atomic mass is 28.4. The van der Waals surface area contributed by atoms with Gasteiger partial charge in [0, 0.05) is 12.3 Å². The summed E-state index contributed by atoms with van der Waals surface area (Å²) in [6.07, 6.45) is 0.180. The van der Waals surface area contributed by atoms with Gasteiger partial charge in [0.15, 0.2) is 8.32 Å². The lowest BCUT2D eigenvalue weighted by molar-refractivity contribution is -0.181. The van der Waals surface area contributed by atoms with Crippen molar-refractivity contribution < 1.29 is 23.8 Å². The number of rotatable bonds is 2. The Morgan fingerprint density at radius 1 is 1.26 bits per heavy atom. The number of aliphatic hydroxyl groups is 1. The molecule has 1 N–H and O–H groups in total. The van der Waals surface area contributed by atoms with Crippen LogP contribution < -0.4 is 0 Å². The van der Waals surface area contributed by atoms with E-state index >= 15 is 0 Å². The topological polar surface area (TPSA) is 65.0 Å². The summed E-state index contributed by atoms with van der Waals surface area (Å²) >= 11 is 0. The third-order valence-corrected chi connectivity index (χ3v) is 12.7. The molecular weight excluding hydrogens is 360 g/mol. The van der Waals surface area contributed by atoms with E-state index in [0.29, 0.717) is 19.3 Å². The van der Waals surface area contributed by atoms with Gasteiger partial charge in [-0.2, -0.15) is 0 Å². The second-order valence-electron chi connectivity index (χ2n) is 11.1. The molecule has 2 heterocycles. The summed E-state index contributed by atoms with van der Waals surface area (Å²) in [6.45, 7) is 19.3. The quantitative estimate of drug-likeness (QED) is 0.441. The van der Waals surface area contributed by atoms with Crippen LogP contribution in [0.5, 0.6) is 0 Å². The van der Waals surface area contributed by atoms with Crippen molar-refractivity contribution in [2.75, 3.05) is 0 Å². The third-order valence-electron chi connectivity index (χ3n) is 8.25. The van der Waals surface area contributed by atoms with E-state index in [1.165, 1.54) is 0 Å². The van der Waals surface area contributed by atoms with Gasteiger partial charge < -0.3 is 19.0 Å². The molecule has 2 aliphatic heterocycles. The molecule has 0 aromatic rings. The molecule has 2 saturated carbocycles. The zero-order chi connectivity index (χ0) is 20.2. The van der Waals surface area contributed by atoms with Gasteiger partial charge >= 0.3 is 5.97 Å². The number of hydrogen-bond acceptors (Lipinski definition) is 5. The van der Waals surface area contributed by atoms with Gasteiger partial charge in [-0.1, -0.05) is 27.4 Å². The number of ether oxygens (including phenoxy) is 2. The maximum atomic E-state index is 13.3. The Morgan fingerprint density at radius 2 is 1.89 bits per heavy atom. The van der Waals surface area contributed by atoms with Crippen molar-refractivity contribution in [3.05, 3.63) is 12.2 Å². The molecule has 152 valence electrons. The van der Waals surface area contributed by atoms with Crippen molar-refractivity contribution >= 4 is 14.3 Å². The Hall–Kier alpha value is -0.693. The van der Waals surface area contributed by atoms with E-state index in [2.05, 4.69) is 40.4 Å². The van der Waals surface area contributed by atoms with E-state index in [-0.39, 0.29) is 29.1 Å². The summed E-state index contributed by atoms with van der Waals surface area (Å²) in [6, 6.07) is 0. The molecule has 0 radical (unpaired) electrons. The first kappa shape index (κ1) is 19.6. The van der Waals surface area contributed by atoms with Gasteiger partial charge in [0.2, 0.25) is 0 Å². The van der Waals surface area contributed by atoms with E-state index in [4.69, 9.17) is 13.9 Å². The highest BCUT2D eigenvalue weighted by Gasteiger charge is 2.80. The second-order valence-corrected chi connectivity index (χ2v) is 15.9. The van der Waals surface area contributed by atoms with E-state index in [9.17, 15) is 9.90 Å². The summed E-state index contributed by atoms with van der Waals surface area (Å²) in [5.41, 5.74) is -1.37. The highest BCUT2D eigenvalue weighted by Crippen LogP contribution is 2.69. The lowest BCUT2D eigenvalue weighted by Gasteiger charge is -2.55. The molecule has 6 atom stereocenters. The average Bonchev–Trinajstić information content (AvgIpc) is 2.86. The van der Waals surface area contributed by atoms with Gasteiger partial charge in [0.1, 0.15) is 23.2 Å². The average molecular weight is 395 g/mol. The predicted molar refractivity (Wildman–Crippen MR) is 105 cm³/mol. The molecule has 4 fully saturated rings. The molecule has 0 unspecified atom stereocenters. The molecule has 27 heavy (non-hydrogen) atoms. The van der Waals surface area contributed by atoms with Gasteiger partial charge in [-0.25, -0.2) is 0 Å². The zero-order valence-corrected chi connectivity index (χ0v) is 18.7. The molecule has 2 aliphatic carbocycles. The van der Waals surface area contributed by atoms with Crippen LogP contribution in [0, 0.1) is 11.3 Å². The molecule has 0 aromatic heterocycles. The minimum atomic E-state index is -2.16. The van der Waals surface area contributed by atoms with E-state index in [0.717, 1.165) is 5.57 Å². The van der Waals surface area contributed by atoms with E-state index < -0.39 is 31.0 Å². The zero-order valence-electron chi connectivity index (χ0n) is 17.7. The molecule has 6 heteroatoms. The van der Waals surface area contributed by atoms with Crippen molar-refractivity contribution in [2.45, 2.75) is 102 Å². The SMILES string of the molecule is C=C1C[C@H]2OC(=O)[C@]3(C[C@H](O)[C@H]4C[C@@]13OC4(C)C)[C@@H]2O[Si](C)(C)C(C)(C)C. The maximum Gasteiger partial charge on any atom is 0.318 e. The second kappa shape index (κ2) is 5.26. The van der Waals surface area contributed by atoms with E-state index in [1.807, 2.05) is 13.8 Å². The van der Waals surface area contributed by atoms with Crippen molar-refractivity contribution in [3.63, 3.8) is 0 Å². The van der Waals surface area contributed by atoms with Gasteiger partial charge in [0.05, 0.1) is 11.7 Å². The molecule has 4 bridgehead atoms. The van der Waals surface area contributed by atoms with Crippen LogP contribution in [0.4, 0.5) is 0 Å². The smallest absolute Gasteiger partial charge is 0.318 e. The molecular formula is C21H34O5Si. The number of esters is 1. The summed E-state index contributed by atoms with van der Waals surface area (Å²) < 4.78 is 19.3. The number of fused-ring (bicyclic) bond motifs is 2. The summed E-state index contributed by atoms with van der Waals surface area (Å²) in [5.74, 6) is -0.289. The number of aliphatic hydroxyl groups excluding tert-OH is 1. The Kier molecular flexibility index (Phi) is 3.82. The highest BCUT2D eigenvalue weighted by molar-refractivity contribution is 6.74. The fourth-order valence-corrected chi connectivity index (χ4v) is 7.06. The lowest BCUT2D eigenvalue weighted by Crippen LogP contribution is -2.66. The fraction of sp³-hybridized carbons (Fsp3) is 0.857. The van der Waals surface area contributed by atoms with E-state index in [1.54, 1.807) is 0 Å². The first-order valence-electron chi connectivity index (χ1n) is 10.1. The van der Waals surface area contributed by atoms with Crippen LogP contribution in [-0.2, 0) is 18.7 Å². The number of carbonyl (C=O) groups excluding carboxylic acids is 1. The van der Waals surface area contributed by atoms with Crippen molar-refractivity contribution in [1.82, 2.24) is 0 Å². The third kappa shape index (κ3) is 2.24. The van der Waals surface area contributed by atoms with Crippen LogP contribution in [0.1, 0.15) is 53.9 Å². The summed E-state index contributed by atoms with van der Waals surface area (Å²) in [7, 11) is -2.16. The van der Waals surface area contributed by atoms with Gasteiger partial charge in [-0.15, -0.1) is 0 Å². The van der Waals surface area contributed by atoms with Crippen molar-refractivity contribution in [3.8, 4) is 0 Å². The molecule has 0 aromatic carbocycles. The van der Waals surface area contributed by atoms with Crippen molar-refractivity contribution in [1.29, 1.82) is 0 Å². The van der Waals surface area contributed by atoms with Crippen LogP contribution in [-0.4, -0.2) is 48.9 Å². The molecule has 2 spiro atoms. The van der Waals surface area contributed by atoms with Crippen LogP contribution in [0.15, 0.2) is 12.2 Å². The molecule has 4 aliphatic rings. The molecule has 2 saturated heterocycles. The van der Waals surface area contributed by atoms with Crippen molar-refractivity contribution in [2.24, 2.45) is 11.3 Å². The lowest BCUT2D eigenvalue weighted by atomic mass is 9.52.